The van der Waals surface area contributed by atoms with Crippen molar-refractivity contribution in [2.75, 3.05) is 31.6 Å². The van der Waals surface area contributed by atoms with Crippen molar-refractivity contribution in [1.29, 1.82) is 0 Å². The molecule has 2 heterocycles. The Morgan fingerprint density at radius 1 is 1.36 bits per heavy atom. The van der Waals surface area contributed by atoms with E-state index in [1.807, 2.05) is 0 Å². The molecule has 0 atom stereocenters. The van der Waals surface area contributed by atoms with Crippen molar-refractivity contribution < 1.29 is 14.3 Å². The number of hydrogen-bond acceptors (Lipinski definition) is 5. The number of carbonyl (C=O) groups is 2. The standard InChI is InChI=1S/C15H22N4O3/c16-11-15(4-8-22-9-5-15)14(21)18-7-3-13(20)19-12-2-1-6-17-10-12/h1-2,6,10H,3-5,7-9,11,16H2,(H,18,21)(H,19,20). The molecular formula is C15H22N4O3. The molecule has 0 unspecified atom stereocenters. The van der Waals surface area contributed by atoms with Crippen molar-refractivity contribution in [3.8, 4) is 0 Å². The average Bonchev–Trinajstić information content (AvgIpc) is 2.56. The Morgan fingerprint density at radius 2 is 2.14 bits per heavy atom. The van der Waals surface area contributed by atoms with E-state index in [1.165, 1.54) is 0 Å². The third kappa shape index (κ3) is 4.25. The van der Waals surface area contributed by atoms with Crippen molar-refractivity contribution in [2.24, 2.45) is 11.1 Å². The first kappa shape index (κ1) is 16.4. The van der Waals surface area contributed by atoms with E-state index >= 15 is 0 Å². The van der Waals surface area contributed by atoms with Crippen LogP contribution in [0.5, 0.6) is 0 Å². The summed E-state index contributed by atoms with van der Waals surface area (Å²) in [6.07, 6.45) is 4.66. The lowest BCUT2D eigenvalue weighted by Crippen LogP contribution is -2.49. The summed E-state index contributed by atoms with van der Waals surface area (Å²) in [6.45, 7) is 1.68. The molecule has 0 spiro atoms. The number of rotatable bonds is 6. The molecule has 1 aromatic rings. The second-order valence-corrected chi connectivity index (χ2v) is 5.39. The van der Waals surface area contributed by atoms with E-state index in [2.05, 4.69) is 15.6 Å². The van der Waals surface area contributed by atoms with Crippen LogP contribution in [0.4, 0.5) is 5.69 Å². The number of hydrogen-bond donors (Lipinski definition) is 3. The Bertz CT molecular complexity index is 501. The zero-order valence-electron chi connectivity index (χ0n) is 12.5. The minimum Gasteiger partial charge on any atom is -0.381 e. The third-order valence-electron chi connectivity index (χ3n) is 3.91. The molecule has 1 fully saturated rings. The molecule has 1 aromatic heterocycles. The maximum Gasteiger partial charge on any atom is 0.227 e. The number of pyridine rings is 1. The number of nitrogens with zero attached hydrogens (tertiary/aromatic N) is 1. The molecule has 1 aliphatic rings. The highest BCUT2D eigenvalue weighted by Crippen LogP contribution is 2.29. The average molecular weight is 306 g/mol. The minimum atomic E-state index is -0.557. The van der Waals surface area contributed by atoms with Gasteiger partial charge >= 0.3 is 0 Å². The highest BCUT2D eigenvalue weighted by atomic mass is 16.5. The summed E-state index contributed by atoms with van der Waals surface area (Å²) in [4.78, 5) is 28.0. The lowest BCUT2D eigenvalue weighted by Gasteiger charge is -2.34. The van der Waals surface area contributed by atoms with Gasteiger partial charge in [0.05, 0.1) is 17.3 Å². The second-order valence-electron chi connectivity index (χ2n) is 5.39. The van der Waals surface area contributed by atoms with Gasteiger partial charge in [-0.1, -0.05) is 0 Å². The van der Waals surface area contributed by atoms with E-state index in [-0.39, 0.29) is 24.8 Å². The van der Waals surface area contributed by atoms with Crippen LogP contribution >= 0.6 is 0 Å². The molecular weight excluding hydrogens is 284 g/mol. The van der Waals surface area contributed by atoms with Crippen LogP contribution in [0, 0.1) is 5.41 Å². The van der Waals surface area contributed by atoms with Crippen LogP contribution in [0.25, 0.3) is 0 Å². The van der Waals surface area contributed by atoms with E-state index in [1.54, 1.807) is 24.5 Å². The van der Waals surface area contributed by atoms with E-state index < -0.39 is 5.41 Å². The zero-order valence-corrected chi connectivity index (χ0v) is 12.5. The number of carbonyl (C=O) groups excluding carboxylic acids is 2. The van der Waals surface area contributed by atoms with E-state index in [0.29, 0.717) is 38.3 Å². The van der Waals surface area contributed by atoms with Gasteiger partial charge < -0.3 is 21.1 Å². The monoisotopic (exact) mass is 306 g/mol. The van der Waals surface area contributed by atoms with Crippen molar-refractivity contribution in [2.45, 2.75) is 19.3 Å². The van der Waals surface area contributed by atoms with Crippen molar-refractivity contribution in [3.05, 3.63) is 24.5 Å². The SMILES string of the molecule is NCC1(C(=O)NCCC(=O)Nc2cccnc2)CCOCC1. The normalized spacial score (nSPS) is 16.8. The predicted molar refractivity (Wildman–Crippen MR) is 82.0 cm³/mol. The Balaban J connectivity index is 1.75. The molecule has 0 aromatic carbocycles. The molecule has 4 N–H and O–H groups in total. The van der Waals surface area contributed by atoms with Crippen LogP contribution in [-0.2, 0) is 14.3 Å². The van der Waals surface area contributed by atoms with Crippen LogP contribution in [0.1, 0.15) is 19.3 Å². The third-order valence-corrected chi connectivity index (χ3v) is 3.91. The smallest absolute Gasteiger partial charge is 0.227 e. The first-order valence-corrected chi connectivity index (χ1v) is 7.42. The Kier molecular flexibility index (Phi) is 5.85. The van der Waals surface area contributed by atoms with Crippen LogP contribution in [0.2, 0.25) is 0 Å². The first-order chi connectivity index (χ1) is 10.7. The number of amides is 2. The molecule has 1 saturated heterocycles. The summed E-state index contributed by atoms with van der Waals surface area (Å²) in [7, 11) is 0. The molecule has 120 valence electrons. The molecule has 0 bridgehead atoms. The Hall–Kier alpha value is -1.99. The first-order valence-electron chi connectivity index (χ1n) is 7.42. The number of aromatic nitrogens is 1. The summed E-state index contributed by atoms with van der Waals surface area (Å²) in [5.74, 6) is -0.255. The fourth-order valence-electron chi connectivity index (χ4n) is 2.42. The van der Waals surface area contributed by atoms with Gasteiger partial charge in [-0.05, 0) is 25.0 Å². The van der Waals surface area contributed by atoms with Crippen molar-refractivity contribution in [3.63, 3.8) is 0 Å². The lowest BCUT2D eigenvalue weighted by atomic mass is 9.79. The molecule has 22 heavy (non-hydrogen) atoms. The van der Waals surface area contributed by atoms with Crippen molar-refractivity contribution in [1.82, 2.24) is 10.3 Å². The highest BCUT2D eigenvalue weighted by molar-refractivity contribution is 5.91. The van der Waals surface area contributed by atoms with Gasteiger partial charge in [-0.15, -0.1) is 0 Å². The summed E-state index contributed by atoms with van der Waals surface area (Å²) in [6, 6.07) is 3.50. The molecule has 0 radical (unpaired) electrons. The maximum atomic E-state index is 12.3. The van der Waals surface area contributed by atoms with E-state index in [9.17, 15) is 9.59 Å². The molecule has 0 saturated carbocycles. The number of ether oxygens (including phenoxy) is 1. The largest absolute Gasteiger partial charge is 0.381 e. The summed E-state index contributed by atoms with van der Waals surface area (Å²) in [5.41, 5.74) is 5.85. The van der Waals surface area contributed by atoms with E-state index in [4.69, 9.17) is 10.5 Å². The van der Waals surface area contributed by atoms with Gasteiger partial charge in [0.1, 0.15) is 0 Å². The van der Waals surface area contributed by atoms with Gasteiger partial charge in [0.2, 0.25) is 11.8 Å². The topological polar surface area (TPSA) is 106 Å². The fourth-order valence-corrected chi connectivity index (χ4v) is 2.42. The molecule has 0 aliphatic carbocycles. The summed E-state index contributed by atoms with van der Waals surface area (Å²) >= 11 is 0. The van der Waals surface area contributed by atoms with Crippen LogP contribution in [0.3, 0.4) is 0 Å². The summed E-state index contributed by atoms with van der Waals surface area (Å²) in [5, 5.41) is 5.53. The molecule has 7 heteroatoms. The van der Waals surface area contributed by atoms with Gasteiger partial charge in [0.25, 0.3) is 0 Å². The van der Waals surface area contributed by atoms with Crippen LogP contribution in [-0.4, -0.2) is 43.1 Å². The van der Waals surface area contributed by atoms with Crippen molar-refractivity contribution >= 4 is 17.5 Å². The molecule has 2 rings (SSSR count). The maximum absolute atomic E-state index is 12.3. The second kappa shape index (κ2) is 7.86. The number of nitrogens with one attached hydrogen (secondary N) is 2. The lowest BCUT2D eigenvalue weighted by molar-refractivity contribution is -0.135. The van der Waals surface area contributed by atoms with Gasteiger partial charge in [-0.2, -0.15) is 0 Å². The van der Waals surface area contributed by atoms with Gasteiger partial charge in [-0.25, -0.2) is 0 Å². The van der Waals surface area contributed by atoms with Gasteiger partial charge in [0, 0.05) is 38.9 Å². The highest BCUT2D eigenvalue weighted by Gasteiger charge is 2.38. The van der Waals surface area contributed by atoms with E-state index in [0.717, 1.165) is 0 Å². The molecule has 2 amide bonds. The van der Waals surface area contributed by atoms with Crippen LogP contribution < -0.4 is 16.4 Å². The fraction of sp³-hybridized carbons (Fsp3) is 0.533. The minimum absolute atomic E-state index is 0.0903. The van der Waals surface area contributed by atoms with Gasteiger partial charge in [0.15, 0.2) is 0 Å². The Morgan fingerprint density at radius 3 is 2.77 bits per heavy atom. The number of anilines is 1. The summed E-state index contributed by atoms with van der Waals surface area (Å²) < 4.78 is 5.28. The quantitative estimate of drug-likeness (QED) is 0.700. The zero-order chi connectivity index (χ0) is 15.8. The van der Waals surface area contributed by atoms with Crippen LogP contribution in [0.15, 0.2) is 24.5 Å². The molecule has 1 aliphatic heterocycles. The molecule has 7 nitrogen and oxygen atoms in total. The Labute approximate surface area is 129 Å². The number of nitrogens with two attached hydrogens (primary N) is 1. The van der Waals surface area contributed by atoms with Gasteiger partial charge in [-0.3, -0.25) is 14.6 Å². The predicted octanol–water partition coefficient (Wildman–Crippen LogP) is 0.282.